The molecule has 0 atom stereocenters. The van der Waals surface area contributed by atoms with Crippen LogP contribution in [0, 0.1) is 6.92 Å². The Labute approximate surface area is 122 Å². The highest BCUT2D eigenvalue weighted by atomic mass is 32.2. The molecule has 0 saturated heterocycles. The van der Waals surface area contributed by atoms with Gasteiger partial charge in [-0.3, -0.25) is 0 Å². The zero-order valence-electron chi connectivity index (χ0n) is 13.1. The van der Waals surface area contributed by atoms with E-state index in [0.29, 0.717) is 0 Å². The summed E-state index contributed by atoms with van der Waals surface area (Å²) in [5.74, 6) is 3.01. The Morgan fingerprint density at radius 1 is 1.16 bits per heavy atom. The van der Waals surface area contributed by atoms with E-state index in [-0.39, 0.29) is 5.41 Å². The summed E-state index contributed by atoms with van der Waals surface area (Å²) < 4.78 is 0. The van der Waals surface area contributed by atoms with E-state index in [1.807, 2.05) is 18.8 Å². The molecule has 1 rings (SSSR count). The van der Waals surface area contributed by atoms with Crippen LogP contribution in [-0.4, -0.2) is 22.8 Å². The van der Waals surface area contributed by atoms with Gasteiger partial charge in [-0.15, -0.1) is 11.8 Å². The average molecular weight is 281 g/mol. The molecule has 1 aromatic heterocycles. The zero-order chi connectivity index (χ0) is 14.5. The summed E-state index contributed by atoms with van der Waals surface area (Å²) in [7, 11) is 1.92. The van der Waals surface area contributed by atoms with E-state index in [2.05, 4.69) is 44.9 Å². The molecule has 0 fully saturated rings. The Balaban J connectivity index is 2.95. The summed E-state index contributed by atoms with van der Waals surface area (Å²) in [4.78, 5) is 9.39. The lowest BCUT2D eigenvalue weighted by molar-refractivity contribution is 0.538. The number of nitrogens with one attached hydrogen (secondary N) is 1. The van der Waals surface area contributed by atoms with Crippen LogP contribution in [0.1, 0.15) is 58.3 Å². The zero-order valence-corrected chi connectivity index (χ0v) is 13.9. The summed E-state index contributed by atoms with van der Waals surface area (Å²) >= 11 is 1.86. The second kappa shape index (κ2) is 7.13. The molecule has 0 aliphatic rings. The minimum absolute atomic E-state index is 0.0158. The Bertz CT molecular complexity index is 411. The Kier molecular flexibility index (Phi) is 6.11. The Morgan fingerprint density at radius 3 is 2.37 bits per heavy atom. The molecular weight excluding hydrogens is 254 g/mol. The maximum atomic E-state index is 4.76. The fourth-order valence-electron chi connectivity index (χ4n) is 1.74. The van der Waals surface area contributed by atoms with E-state index in [4.69, 9.17) is 4.98 Å². The lowest BCUT2D eigenvalue weighted by Crippen LogP contribution is -2.18. The van der Waals surface area contributed by atoms with Crippen LogP contribution in [0.5, 0.6) is 0 Å². The molecule has 0 saturated carbocycles. The van der Waals surface area contributed by atoms with Crippen molar-refractivity contribution >= 4 is 17.6 Å². The molecule has 3 nitrogen and oxygen atoms in total. The molecule has 0 aliphatic heterocycles. The topological polar surface area (TPSA) is 37.8 Å². The van der Waals surface area contributed by atoms with E-state index >= 15 is 0 Å². The summed E-state index contributed by atoms with van der Waals surface area (Å²) in [5, 5.41) is 4.31. The van der Waals surface area contributed by atoms with Crippen LogP contribution in [0.4, 0.5) is 5.82 Å². The van der Waals surface area contributed by atoms with E-state index < -0.39 is 0 Å². The molecule has 108 valence electrons. The van der Waals surface area contributed by atoms with Crippen molar-refractivity contribution in [3.05, 3.63) is 11.4 Å². The molecule has 1 aromatic rings. The molecule has 0 bridgehead atoms. The molecule has 0 radical (unpaired) electrons. The molecule has 1 heterocycles. The highest BCUT2D eigenvalue weighted by Gasteiger charge is 2.20. The van der Waals surface area contributed by atoms with Gasteiger partial charge in [0, 0.05) is 18.0 Å². The van der Waals surface area contributed by atoms with Gasteiger partial charge in [0.2, 0.25) is 0 Å². The van der Waals surface area contributed by atoms with Gasteiger partial charge >= 0.3 is 0 Å². The number of aromatic nitrogens is 2. The van der Waals surface area contributed by atoms with Crippen molar-refractivity contribution in [3.63, 3.8) is 0 Å². The third-order valence-corrected chi connectivity index (χ3v) is 4.16. The van der Waals surface area contributed by atoms with Crippen molar-refractivity contribution in [1.82, 2.24) is 9.97 Å². The van der Waals surface area contributed by atoms with Crippen LogP contribution < -0.4 is 5.32 Å². The number of anilines is 1. The molecule has 0 spiro atoms. The van der Waals surface area contributed by atoms with Crippen LogP contribution >= 0.6 is 11.8 Å². The van der Waals surface area contributed by atoms with Crippen molar-refractivity contribution < 1.29 is 0 Å². The normalized spacial score (nSPS) is 11.7. The lowest BCUT2D eigenvalue weighted by Gasteiger charge is -2.20. The number of unbranched alkanes of at least 4 members (excludes halogenated alkanes) is 2. The highest BCUT2D eigenvalue weighted by molar-refractivity contribution is 7.99. The third kappa shape index (κ3) is 4.68. The molecule has 0 aromatic carbocycles. The average Bonchev–Trinajstić information content (AvgIpc) is 2.35. The standard InChI is InChI=1S/C15H27N3S/c1-7-8-9-10-19-13-11(2)12(16-6)17-14(18-13)15(3,4)5/h7-10H2,1-6H3,(H,16,17,18). The fraction of sp³-hybridized carbons (Fsp3) is 0.733. The van der Waals surface area contributed by atoms with Gasteiger partial charge in [-0.2, -0.15) is 0 Å². The van der Waals surface area contributed by atoms with Crippen LogP contribution in [0.25, 0.3) is 0 Å². The molecular formula is C15H27N3S. The van der Waals surface area contributed by atoms with Crippen molar-refractivity contribution in [3.8, 4) is 0 Å². The third-order valence-electron chi connectivity index (χ3n) is 3.00. The smallest absolute Gasteiger partial charge is 0.137 e. The molecule has 4 heteroatoms. The maximum absolute atomic E-state index is 4.76. The fourth-order valence-corrected chi connectivity index (χ4v) is 2.74. The molecule has 0 amide bonds. The first-order chi connectivity index (χ1) is 8.90. The van der Waals surface area contributed by atoms with Gasteiger partial charge in [-0.05, 0) is 19.1 Å². The van der Waals surface area contributed by atoms with Crippen molar-refractivity contribution in [2.24, 2.45) is 0 Å². The predicted molar refractivity (Wildman–Crippen MR) is 85.3 cm³/mol. The van der Waals surface area contributed by atoms with E-state index in [1.54, 1.807) is 0 Å². The highest BCUT2D eigenvalue weighted by Crippen LogP contribution is 2.29. The van der Waals surface area contributed by atoms with E-state index in [1.165, 1.54) is 19.3 Å². The SMILES string of the molecule is CCCCCSc1nc(C(C)(C)C)nc(NC)c1C. The van der Waals surface area contributed by atoms with Gasteiger partial charge in [0.15, 0.2) is 0 Å². The van der Waals surface area contributed by atoms with Crippen LogP contribution in [0.2, 0.25) is 0 Å². The summed E-state index contributed by atoms with van der Waals surface area (Å²) in [6.07, 6.45) is 3.81. The van der Waals surface area contributed by atoms with Gasteiger partial charge in [-0.1, -0.05) is 40.5 Å². The first-order valence-corrected chi connectivity index (χ1v) is 8.08. The van der Waals surface area contributed by atoms with Crippen LogP contribution in [0.15, 0.2) is 5.03 Å². The van der Waals surface area contributed by atoms with E-state index in [0.717, 1.165) is 28.0 Å². The Morgan fingerprint density at radius 2 is 1.84 bits per heavy atom. The molecule has 19 heavy (non-hydrogen) atoms. The van der Waals surface area contributed by atoms with Crippen molar-refractivity contribution in [2.45, 2.75) is 64.3 Å². The maximum Gasteiger partial charge on any atom is 0.137 e. The number of hydrogen-bond donors (Lipinski definition) is 1. The van der Waals surface area contributed by atoms with Crippen LogP contribution in [-0.2, 0) is 5.41 Å². The summed E-state index contributed by atoms with van der Waals surface area (Å²) in [5.41, 5.74) is 1.15. The largest absolute Gasteiger partial charge is 0.373 e. The van der Waals surface area contributed by atoms with Gasteiger partial charge in [0.25, 0.3) is 0 Å². The summed E-state index contributed by atoms with van der Waals surface area (Å²) in [6.45, 7) is 10.8. The van der Waals surface area contributed by atoms with Crippen molar-refractivity contribution in [2.75, 3.05) is 18.1 Å². The van der Waals surface area contributed by atoms with Gasteiger partial charge in [-0.25, -0.2) is 9.97 Å². The van der Waals surface area contributed by atoms with Gasteiger partial charge in [0.1, 0.15) is 16.7 Å². The second-order valence-electron chi connectivity index (χ2n) is 5.88. The second-order valence-corrected chi connectivity index (χ2v) is 6.97. The predicted octanol–water partition coefficient (Wildman–Crippen LogP) is 4.41. The summed E-state index contributed by atoms with van der Waals surface area (Å²) in [6, 6.07) is 0. The van der Waals surface area contributed by atoms with E-state index in [9.17, 15) is 0 Å². The van der Waals surface area contributed by atoms with Crippen LogP contribution in [0.3, 0.4) is 0 Å². The minimum atomic E-state index is -0.0158. The molecule has 0 unspecified atom stereocenters. The number of rotatable bonds is 6. The first-order valence-electron chi connectivity index (χ1n) is 7.09. The Hall–Kier alpha value is -0.770. The number of thioether (sulfide) groups is 1. The van der Waals surface area contributed by atoms with Gasteiger partial charge < -0.3 is 5.32 Å². The lowest BCUT2D eigenvalue weighted by atomic mass is 9.95. The molecule has 0 aliphatic carbocycles. The minimum Gasteiger partial charge on any atom is -0.373 e. The van der Waals surface area contributed by atoms with Gasteiger partial charge in [0.05, 0.1) is 0 Å². The monoisotopic (exact) mass is 281 g/mol. The number of nitrogens with zero attached hydrogens (tertiary/aromatic N) is 2. The quantitative estimate of drug-likeness (QED) is 0.476. The number of hydrogen-bond acceptors (Lipinski definition) is 4. The first kappa shape index (κ1) is 16.3. The van der Waals surface area contributed by atoms with Crippen molar-refractivity contribution in [1.29, 1.82) is 0 Å². The molecule has 1 N–H and O–H groups in total.